The molecule has 0 saturated heterocycles. The van der Waals surface area contributed by atoms with Gasteiger partial charge in [0.05, 0.1) is 11.4 Å². The van der Waals surface area contributed by atoms with Crippen molar-refractivity contribution < 1.29 is 19.1 Å². The van der Waals surface area contributed by atoms with Gasteiger partial charge in [0, 0.05) is 23.6 Å². The Morgan fingerprint density at radius 2 is 1.58 bits per heavy atom. The van der Waals surface area contributed by atoms with Crippen LogP contribution < -0.4 is 22.1 Å². The van der Waals surface area contributed by atoms with Gasteiger partial charge in [-0.3, -0.25) is 9.59 Å². The lowest BCUT2D eigenvalue weighted by Crippen LogP contribution is -2.38. The van der Waals surface area contributed by atoms with Crippen LogP contribution in [0, 0.1) is 5.92 Å². The summed E-state index contributed by atoms with van der Waals surface area (Å²) in [5, 5.41) is 5.52. The van der Waals surface area contributed by atoms with Gasteiger partial charge in [0.1, 0.15) is 0 Å². The molecule has 3 amide bonds. The summed E-state index contributed by atoms with van der Waals surface area (Å²) in [4.78, 5) is 36.9. The summed E-state index contributed by atoms with van der Waals surface area (Å²) in [6.45, 7) is 0. The third kappa shape index (κ3) is 4.95. The first-order valence-corrected chi connectivity index (χ1v) is 10.5. The highest BCUT2D eigenvalue weighted by molar-refractivity contribution is 6.06. The molecule has 0 aliphatic heterocycles. The fourth-order valence-electron chi connectivity index (χ4n) is 3.82. The van der Waals surface area contributed by atoms with Gasteiger partial charge in [0.25, 0.3) is 11.8 Å². The monoisotopic (exact) mass is 444 g/mol. The van der Waals surface area contributed by atoms with Crippen LogP contribution in [-0.2, 0) is 16.0 Å². The molecule has 0 aromatic heterocycles. The van der Waals surface area contributed by atoms with Gasteiger partial charge in [-0.2, -0.15) is 0 Å². The lowest BCUT2D eigenvalue weighted by molar-refractivity contribution is -0.127. The number of carbonyl (C=O) groups is 3. The number of primary amides is 1. The molecule has 33 heavy (non-hydrogen) atoms. The summed E-state index contributed by atoms with van der Waals surface area (Å²) in [5.74, 6) is -0.949. The molecule has 0 radical (unpaired) electrons. The molecule has 1 aliphatic rings. The van der Waals surface area contributed by atoms with Crippen LogP contribution >= 0.6 is 0 Å². The number of hydrogen-bond acceptors (Lipinski definition) is 5. The Hall–Kier alpha value is -4.33. The summed E-state index contributed by atoms with van der Waals surface area (Å²) in [6, 6.07) is 23.0. The topological polar surface area (TPSA) is 137 Å². The second-order valence-electron chi connectivity index (χ2n) is 7.97. The van der Waals surface area contributed by atoms with Gasteiger partial charge in [-0.25, -0.2) is 4.79 Å². The number of nitrogen functional groups attached to an aromatic ring is 1. The van der Waals surface area contributed by atoms with Crippen molar-refractivity contribution >= 4 is 35.0 Å². The van der Waals surface area contributed by atoms with E-state index in [1.807, 2.05) is 30.3 Å². The Morgan fingerprint density at radius 1 is 0.909 bits per heavy atom. The van der Waals surface area contributed by atoms with E-state index in [9.17, 15) is 14.4 Å². The second kappa shape index (κ2) is 9.04. The summed E-state index contributed by atoms with van der Waals surface area (Å²) in [6.07, 6.45) is -0.0215. The number of anilines is 3. The van der Waals surface area contributed by atoms with Crippen molar-refractivity contribution in [1.29, 1.82) is 0 Å². The number of hydrogen-bond donors (Lipinski definition) is 4. The highest BCUT2D eigenvalue weighted by Gasteiger charge is 2.63. The maximum Gasteiger partial charge on any atom is 0.405 e. The van der Waals surface area contributed by atoms with Gasteiger partial charge in [0.15, 0.2) is 5.60 Å². The van der Waals surface area contributed by atoms with Crippen molar-refractivity contribution in [3.63, 3.8) is 0 Å². The Bertz CT molecular complexity index is 1180. The third-order valence-corrected chi connectivity index (χ3v) is 5.65. The quantitative estimate of drug-likeness (QED) is 0.413. The molecule has 2 unspecified atom stereocenters. The van der Waals surface area contributed by atoms with E-state index in [2.05, 4.69) is 10.6 Å². The van der Waals surface area contributed by atoms with Crippen molar-refractivity contribution in [3.8, 4) is 0 Å². The standard InChI is InChI=1S/C25H24N4O4/c26-20-8-4-5-9-21(20)29-22(30)17-10-12-19(13-11-17)28-23(31)25(33-24(27)32)15-18(25)14-16-6-2-1-3-7-16/h1-13,18H,14-15,26H2,(H2,27,32)(H,28,31)(H,29,30). The number of ether oxygens (including phenoxy) is 1. The van der Waals surface area contributed by atoms with Gasteiger partial charge in [-0.15, -0.1) is 0 Å². The molecule has 3 aromatic rings. The largest absolute Gasteiger partial charge is 0.433 e. The molecule has 2 atom stereocenters. The molecule has 4 rings (SSSR count). The molecule has 1 fully saturated rings. The predicted octanol–water partition coefficient (Wildman–Crippen LogP) is 3.56. The number of nitrogens with one attached hydrogen (secondary N) is 2. The molecule has 0 spiro atoms. The normalized spacial score (nSPS) is 18.7. The third-order valence-electron chi connectivity index (χ3n) is 5.65. The highest BCUT2D eigenvalue weighted by atomic mass is 16.6. The zero-order valence-corrected chi connectivity index (χ0v) is 17.8. The van der Waals surface area contributed by atoms with Crippen LogP contribution in [0.5, 0.6) is 0 Å². The van der Waals surface area contributed by atoms with E-state index in [4.69, 9.17) is 16.2 Å². The number of nitrogens with two attached hydrogens (primary N) is 2. The molecule has 168 valence electrons. The molecule has 1 aliphatic carbocycles. The van der Waals surface area contributed by atoms with Gasteiger partial charge in [-0.1, -0.05) is 42.5 Å². The summed E-state index contributed by atoms with van der Waals surface area (Å²) >= 11 is 0. The summed E-state index contributed by atoms with van der Waals surface area (Å²) < 4.78 is 5.26. The predicted molar refractivity (Wildman–Crippen MR) is 126 cm³/mol. The Balaban J connectivity index is 1.42. The fourth-order valence-corrected chi connectivity index (χ4v) is 3.82. The molecule has 1 saturated carbocycles. The molecule has 8 heteroatoms. The van der Waals surface area contributed by atoms with Gasteiger partial charge < -0.3 is 26.8 Å². The number of carbonyl (C=O) groups excluding carboxylic acids is 3. The number of para-hydroxylation sites is 2. The van der Waals surface area contributed by atoms with Crippen molar-refractivity contribution in [2.75, 3.05) is 16.4 Å². The van der Waals surface area contributed by atoms with Crippen molar-refractivity contribution in [3.05, 3.63) is 90.0 Å². The van der Waals surface area contributed by atoms with Crippen molar-refractivity contribution in [2.45, 2.75) is 18.4 Å². The van der Waals surface area contributed by atoms with E-state index in [1.165, 1.54) is 0 Å². The first-order valence-electron chi connectivity index (χ1n) is 10.5. The minimum Gasteiger partial charge on any atom is -0.433 e. The molecular weight excluding hydrogens is 420 g/mol. The first kappa shape index (κ1) is 21.9. The van der Waals surface area contributed by atoms with Crippen molar-refractivity contribution in [1.82, 2.24) is 0 Å². The average molecular weight is 444 g/mol. The lowest BCUT2D eigenvalue weighted by atomic mass is 10.1. The fraction of sp³-hybridized carbons (Fsp3) is 0.160. The number of amides is 3. The van der Waals surface area contributed by atoms with Crippen LogP contribution in [0.15, 0.2) is 78.9 Å². The van der Waals surface area contributed by atoms with E-state index in [0.717, 1.165) is 5.56 Å². The van der Waals surface area contributed by atoms with Crippen LogP contribution in [0.1, 0.15) is 22.3 Å². The van der Waals surface area contributed by atoms with Crippen LogP contribution in [-0.4, -0.2) is 23.5 Å². The molecule has 3 aromatic carbocycles. The zero-order chi connectivity index (χ0) is 23.4. The Morgan fingerprint density at radius 3 is 2.24 bits per heavy atom. The van der Waals surface area contributed by atoms with E-state index in [0.29, 0.717) is 35.5 Å². The van der Waals surface area contributed by atoms with Gasteiger partial charge in [0.2, 0.25) is 0 Å². The van der Waals surface area contributed by atoms with E-state index >= 15 is 0 Å². The maximum absolute atomic E-state index is 13.0. The van der Waals surface area contributed by atoms with E-state index in [-0.39, 0.29) is 11.8 Å². The Kier molecular flexibility index (Phi) is 5.99. The highest BCUT2D eigenvalue weighted by Crippen LogP contribution is 2.49. The number of benzene rings is 3. The maximum atomic E-state index is 13.0. The lowest BCUT2D eigenvalue weighted by Gasteiger charge is -2.17. The molecule has 8 nitrogen and oxygen atoms in total. The molecule has 0 bridgehead atoms. The Labute approximate surface area is 190 Å². The van der Waals surface area contributed by atoms with Crippen LogP contribution in [0.4, 0.5) is 21.9 Å². The van der Waals surface area contributed by atoms with Crippen LogP contribution in [0.2, 0.25) is 0 Å². The molecule has 6 N–H and O–H groups in total. The minimum absolute atomic E-state index is 0.172. The smallest absolute Gasteiger partial charge is 0.405 e. The van der Waals surface area contributed by atoms with Gasteiger partial charge in [-0.05, 0) is 48.4 Å². The SMILES string of the molecule is NC(=O)OC1(C(=O)Nc2ccc(C(=O)Nc3ccccc3N)cc2)CC1Cc1ccccc1. The van der Waals surface area contributed by atoms with E-state index < -0.39 is 17.6 Å². The number of rotatable bonds is 7. The van der Waals surface area contributed by atoms with Crippen LogP contribution in [0.3, 0.4) is 0 Å². The van der Waals surface area contributed by atoms with Gasteiger partial charge >= 0.3 is 6.09 Å². The molecular formula is C25H24N4O4. The average Bonchev–Trinajstić information content (AvgIpc) is 3.48. The zero-order valence-electron chi connectivity index (χ0n) is 17.8. The molecule has 0 heterocycles. The summed E-state index contributed by atoms with van der Waals surface area (Å²) in [7, 11) is 0. The summed E-state index contributed by atoms with van der Waals surface area (Å²) in [5.41, 5.74) is 12.7. The van der Waals surface area contributed by atoms with E-state index in [1.54, 1.807) is 48.5 Å². The van der Waals surface area contributed by atoms with Crippen molar-refractivity contribution in [2.24, 2.45) is 11.7 Å². The second-order valence-corrected chi connectivity index (χ2v) is 7.97. The minimum atomic E-state index is -1.30. The van der Waals surface area contributed by atoms with Crippen LogP contribution in [0.25, 0.3) is 0 Å². The first-order chi connectivity index (χ1) is 15.9.